The molecule has 0 saturated heterocycles. The summed E-state index contributed by atoms with van der Waals surface area (Å²) in [5, 5.41) is 8.70. The van der Waals surface area contributed by atoms with Crippen LogP contribution in [-0.2, 0) is 4.79 Å². The highest BCUT2D eigenvalue weighted by Crippen LogP contribution is 2.30. The second kappa shape index (κ2) is 9.23. The van der Waals surface area contributed by atoms with E-state index in [9.17, 15) is 4.79 Å². The van der Waals surface area contributed by atoms with E-state index in [2.05, 4.69) is 49.2 Å². The maximum absolute atomic E-state index is 10.6. The lowest BCUT2D eigenvalue weighted by Gasteiger charge is -2.25. The molecule has 1 N–H and O–H groups in total. The zero-order valence-corrected chi connectivity index (χ0v) is 15.2. The molecule has 2 aromatic carbocycles. The van der Waals surface area contributed by atoms with E-state index >= 15 is 0 Å². The lowest BCUT2D eigenvalue weighted by atomic mass is 10.00. The lowest BCUT2D eigenvalue weighted by Crippen LogP contribution is -2.23. The number of unbranched alkanes of at least 4 members (excludes halogenated alkanes) is 1. The Morgan fingerprint density at radius 1 is 1.12 bits per heavy atom. The van der Waals surface area contributed by atoms with Gasteiger partial charge in [0, 0.05) is 18.0 Å². The molecule has 0 spiro atoms. The zero-order chi connectivity index (χ0) is 18.2. The van der Waals surface area contributed by atoms with Crippen molar-refractivity contribution < 1.29 is 14.6 Å². The Morgan fingerprint density at radius 3 is 2.44 bits per heavy atom. The molecule has 1 atom stereocenters. The molecule has 0 aliphatic carbocycles. The highest BCUT2D eigenvalue weighted by molar-refractivity contribution is 5.70. The maximum Gasteiger partial charge on any atom is 0.303 e. The van der Waals surface area contributed by atoms with Crippen molar-refractivity contribution in [1.82, 2.24) is 4.90 Å². The number of carboxylic acids is 1. The first-order valence-electron chi connectivity index (χ1n) is 8.68. The highest BCUT2D eigenvalue weighted by Gasteiger charge is 2.12. The number of hydrogen-bond donors (Lipinski definition) is 1. The van der Waals surface area contributed by atoms with Crippen LogP contribution in [0.2, 0.25) is 0 Å². The summed E-state index contributed by atoms with van der Waals surface area (Å²) in [4.78, 5) is 12.8. The van der Waals surface area contributed by atoms with Gasteiger partial charge >= 0.3 is 5.97 Å². The van der Waals surface area contributed by atoms with Crippen molar-refractivity contribution in [3.63, 3.8) is 0 Å². The molecule has 25 heavy (non-hydrogen) atoms. The Kier molecular flexibility index (Phi) is 7.02. The van der Waals surface area contributed by atoms with E-state index in [1.165, 1.54) is 5.56 Å². The molecule has 4 nitrogen and oxygen atoms in total. The molecular formula is C21H27NO3. The van der Waals surface area contributed by atoms with E-state index in [1.54, 1.807) is 7.11 Å². The van der Waals surface area contributed by atoms with Gasteiger partial charge in [-0.1, -0.05) is 42.5 Å². The summed E-state index contributed by atoms with van der Waals surface area (Å²) in [5.41, 5.74) is 3.48. The average Bonchev–Trinajstić information content (AvgIpc) is 2.64. The van der Waals surface area contributed by atoms with Gasteiger partial charge in [-0.25, -0.2) is 0 Å². The zero-order valence-electron chi connectivity index (χ0n) is 15.2. The Bertz CT molecular complexity index is 682. The van der Waals surface area contributed by atoms with Crippen molar-refractivity contribution >= 4 is 5.97 Å². The van der Waals surface area contributed by atoms with Crippen molar-refractivity contribution in [3.05, 3.63) is 54.1 Å². The van der Waals surface area contributed by atoms with Crippen LogP contribution in [0.5, 0.6) is 5.75 Å². The number of ether oxygens (including phenoxy) is 1. The highest BCUT2D eigenvalue weighted by atomic mass is 16.5. The van der Waals surface area contributed by atoms with Crippen LogP contribution in [0, 0.1) is 0 Å². The van der Waals surface area contributed by atoms with Crippen LogP contribution in [0.4, 0.5) is 0 Å². The minimum Gasteiger partial charge on any atom is -0.496 e. The molecule has 1 unspecified atom stereocenters. The molecule has 0 amide bonds. The fourth-order valence-corrected chi connectivity index (χ4v) is 2.91. The van der Waals surface area contributed by atoms with E-state index in [-0.39, 0.29) is 12.5 Å². The van der Waals surface area contributed by atoms with Crippen LogP contribution in [-0.4, -0.2) is 36.7 Å². The first-order chi connectivity index (χ1) is 12.0. The molecule has 0 radical (unpaired) electrons. The van der Waals surface area contributed by atoms with Gasteiger partial charge in [-0.05, 0) is 50.6 Å². The van der Waals surface area contributed by atoms with E-state index in [0.29, 0.717) is 0 Å². The van der Waals surface area contributed by atoms with Crippen LogP contribution >= 0.6 is 0 Å². The minimum atomic E-state index is -0.720. The summed E-state index contributed by atoms with van der Waals surface area (Å²) in [6, 6.07) is 16.9. The van der Waals surface area contributed by atoms with Gasteiger partial charge in [0.2, 0.25) is 0 Å². The SMILES string of the molecule is COc1ccccc1-c1ccc(C(C)N(C)CCCCC(=O)O)cc1. The fraction of sp³-hybridized carbons (Fsp3) is 0.381. The summed E-state index contributed by atoms with van der Waals surface area (Å²) in [6.45, 7) is 3.07. The Labute approximate surface area is 150 Å². The van der Waals surface area contributed by atoms with Crippen molar-refractivity contribution in [2.45, 2.75) is 32.2 Å². The van der Waals surface area contributed by atoms with Crippen LogP contribution < -0.4 is 4.74 Å². The van der Waals surface area contributed by atoms with Crippen molar-refractivity contribution in [2.75, 3.05) is 20.7 Å². The van der Waals surface area contributed by atoms with Gasteiger partial charge in [0.05, 0.1) is 7.11 Å². The third kappa shape index (κ3) is 5.33. The van der Waals surface area contributed by atoms with E-state index in [0.717, 1.165) is 36.3 Å². The number of para-hydroxylation sites is 1. The number of carbonyl (C=O) groups is 1. The molecular weight excluding hydrogens is 314 g/mol. The lowest BCUT2D eigenvalue weighted by molar-refractivity contribution is -0.137. The van der Waals surface area contributed by atoms with Gasteiger partial charge in [-0.2, -0.15) is 0 Å². The second-order valence-corrected chi connectivity index (χ2v) is 6.33. The van der Waals surface area contributed by atoms with Gasteiger partial charge in [0.25, 0.3) is 0 Å². The Balaban J connectivity index is 2.00. The summed E-state index contributed by atoms with van der Waals surface area (Å²) in [6.07, 6.45) is 1.86. The van der Waals surface area contributed by atoms with Crippen LogP contribution in [0.1, 0.15) is 37.8 Å². The minimum absolute atomic E-state index is 0.246. The third-order valence-electron chi connectivity index (χ3n) is 4.62. The summed E-state index contributed by atoms with van der Waals surface area (Å²) < 4.78 is 5.44. The quantitative estimate of drug-likeness (QED) is 0.677. The molecule has 0 aliphatic rings. The molecule has 0 heterocycles. The molecule has 2 aromatic rings. The third-order valence-corrected chi connectivity index (χ3v) is 4.62. The number of methoxy groups -OCH3 is 1. The number of benzene rings is 2. The number of hydrogen-bond acceptors (Lipinski definition) is 3. The largest absolute Gasteiger partial charge is 0.496 e. The first kappa shape index (κ1) is 19.0. The van der Waals surface area contributed by atoms with E-state index < -0.39 is 5.97 Å². The molecule has 2 rings (SSSR count). The van der Waals surface area contributed by atoms with Gasteiger partial charge < -0.3 is 9.84 Å². The Hall–Kier alpha value is -2.33. The predicted octanol–water partition coefficient (Wildman–Crippen LogP) is 4.61. The topological polar surface area (TPSA) is 49.8 Å². The molecule has 134 valence electrons. The van der Waals surface area contributed by atoms with Crippen LogP contribution in [0.25, 0.3) is 11.1 Å². The molecule has 4 heteroatoms. The molecule has 0 bridgehead atoms. The van der Waals surface area contributed by atoms with E-state index in [4.69, 9.17) is 9.84 Å². The summed E-state index contributed by atoms with van der Waals surface area (Å²) in [5.74, 6) is 0.154. The second-order valence-electron chi connectivity index (χ2n) is 6.33. The monoisotopic (exact) mass is 341 g/mol. The van der Waals surface area contributed by atoms with Crippen molar-refractivity contribution in [2.24, 2.45) is 0 Å². The van der Waals surface area contributed by atoms with Crippen LogP contribution in [0.15, 0.2) is 48.5 Å². The van der Waals surface area contributed by atoms with Gasteiger partial charge in [-0.15, -0.1) is 0 Å². The van der Waals surface area contributed by atoms with Crippen molar-refractivity contribution in [3.8, 4) is 16.9 Å². The first-order valence-corrected chi connectivity index (χ1v) is 8.68. The van der Waals surface area contributed by atoms with Crippen molar-refractivity contribution in [1.29, 1.82) is 0 Å². The fourth-order valence-electron chi connectivity index (χ4n) is 2.91. The summed E-state index contributed by atoms with van der Waals surface area (Å²) >= 11 is 0. The Morgan fingerprint density at radius 2 is 1.80 bits per heavy atom. The summed E-state index contributed by atoms with van der Waals surface area (Å²) in [7, 11) is 3.77. The number of nitrogens with zero attached hydrogens (tertiary/aromatic N) is 1. The number of rotatable bonds is 9. The van der Waals surface area contributed by atoms with Crippen LogP contribution in [0.3, 0.4) is 0 Å². The average molecular weight is 341 g/mol. The normalized spacial score (nSPS) is 12.2. The molecule has 0 aliphatic heterocycles. The van der Waals surface area contributed by atoms with Gasteiger partial charge in [0.1, 0.15) is 5.75 Å². The molecule has 0 fully saturated rings. The standard InChI is InChI=1S/C21H27NO3/c1-16(22(2)15-7-6-10-21(23)24)17-11-13-18(14-12-17)19-8-4-5-9-20(19)25-3/h4-5,8-9,11-14,16H,6-7,10,15H2,1-3H3,(H,23,24). The maximum atomic E-state index is 10.6. The van der Waals surface area contributed by atoms with Gasteiger partial charge in [0.15, 0.2) is 0 Å². The molecule has 0 saturated carbocycles. The van der Waals surface area contributed by atoms with Gasteiger partial charge in [-0.3, -0.25) is 9.69 Å². The van der Waals surface area contributed by atoms with E-state index in [1.807, 2.05) is 18.2 Å². The molecule has 0 aromatic heterocycles. The number of carboxylic acid groups (broad SMARTS) is 1. The number of aliphatic carboxylic acids is 1. The smallest absolute Gasteiger partial charge is 0.303 e. The predicted molar refractivity (Wildman–Crippen MR) is 101 cm³/mol.